The minimum Gasteiger partial charge on any atom is -0.383 e. The zero-order valence-electron chi connectivity index (χ0n) is 7.18. The molecule has 0 spiro atoms. The standard InChI is InChI=1S/C9H13IOS/c1-3-4-5-9(8-11-2)6-7-12-10/h3,9H,1,4-5,8H2,2H3. The summed E-state index contributed by atoms with van der Waals surface area (Å²) in [7, 11) is 3.22. The van der Waals surface area contributed by atoms with Crippen LogP contribution < -0.4 is 0 Å². The first-order chi connectivity index (χ1) is 5.85. The Morgan fingerprint density at radius 1 is 1.75 bits per heavy atom. The molecule has 0 fully saturated rings. The number of rotatable bonds is 5. The summed E-state index contributed by atoms with van der Waals surface area (Å²) >= 11 is 2.17. The third kappa shape index (κ3) is 7.01. The Balaban J connectivity index is 3.76. The molecule has 0 rings (SSSR count). The molecule has 0 radical (unpaired) electrons. The van der Waals surface area contributed by atoms with Crippen molar-refractivity contribution in [2.45, 2.75) is 12.8 Å². The molecule has 0 heterocycles. The third-order valence-corrected chi connectivity index (χ3v) is 2.24. The highest BCUT2D eigenvalue weighted by Gasteiger charge is 2.02. The van der Waals surface area contributed by atoms with Crippen molar-refractivity contribution in [2.75, 3.05) is 13.7 Å². The minimum absolute atomic E-state index is 0.357. The molecular weight excluding hydrogens is 283 g/mol. The van der Waals surface area contributed by atoms with E-state index in [1.54, 1.807) is 7.11 Å². The van der Waals surface area contributed by atoms with Gasteiger partial charge in [0.15, 0.2) is 0 Å². The number of methoxy groups -OCH3 is 1. The molecule has 1 atom stereocenters. The Labute approximate surface area is 90.9 Å². The van der Waals surface area contributed by atoms with Crippen molar-refractivity contribution in [3.8, 4) is 11.2 Å². The van der Waals surface area contributed by atoms with Crippen LogP contribution in [-0.4, -0.2) is 13.7 Å². The Kier molecular flexibility index (Phi) is 9.70. The molecule has 0 aromatic rings. The summed E-state index contributed by atoms with van der Waals surface area (Å²) in [4.78, 5) is 0. The van der Waals surface area contributed by atoms with E-state index in [-0.39, 0.29) is 0 Å². The van der Waals surface area contributed by atoms with Crippen molar-refractivity contribution in [1.82, 2.24) is 0 Å². The summed E-state index contributed by atoms with van der Waals surface area (Å²) in [5, 5.41) is 2.98. The monoisotopic (exact) mass is 296 g/mol. The van der Waals surface area contributed by atoms with Crippen molar-refractivity contribution >= 4 is 30.1 Å². The third-order valence-electron chi connectivity index (χ3n) is 1.39. The molecule has 0 aliphatic carbocycles. The minimum atomic E-state index is 0.357. The van der Waals surface area contributed by atoms with Gasteiger partial charge < -0.3 is 4.74 Å². The second-order valence-corrected chi connectivity index (χ2v) is 4.02. The molecule has 0 amide bonds. The summed E-state index contributed by atoms with van der Waals surface area (Å²) in [6, 6.07) is 0. The van der Waals surface area contributed by atoms with Crippen LogP contribution in [0.25, 0.3) is 0 Å². The molecule has 1 unspecified atom stereocenters. The van der Waals surface area contributed by atoms with Crippen LogP contribution in [0.1, 0.15) is 12.8 Å². The first kappa shape index (κ1) is 12.3. The van der Waals surface area contributed by atoms with Crippen LogP contribution in [0.3, 0.4) is 0 Å². The van der Waals surface area contributed by atoms with Gasteiger partial charge in [0.2, 0.25) is 0 Å². The van der Waals surface area contributed by atoms with E-state index in [2.05, 4.69) is 39.0 Å². The molecule has 0 bridgehead atoms. The van der Waals surface area contributed by atoms with Crippen LogP contribution in [-0.2, 0) is 4.74 Å². The fourth-order valence-corrected chi connectivity index (χ4v) is 1.42. The maximum Gasteiger partial charge on any atom is 0.0600 e. The first-order valence-corrected chi connectivity index (χ1v) is 7.09. The van der Waals surface area contributed by atoms with Gasteiger partial charge >= 0.3 is 0 Å². The van der Waals surface area contributed by atoms with Crippen molar-refractivity contribution < 1.29 is 4.74 Å². The van der Waals surface area contributed by atoms with Crippen LogP contribution >= 0.6 is 30.1 Å². The van der Waals surface area contributed by atoms with Crippen molar-refractivity contribution in [3.63, 3.8) is 0 Å². The Morgan fingerprint density at radius 3 is 3.00 bits per heavy atom. The maximum absolute atomic E-state index is 5.05. The number of hydrogen-bond donors (Lipinski definition) is 0. The number of allylic oxidation sites excluding steroid dienone is 1. The van der Waals surface area contributed by atoms with E-state index in [0.717, 1.165) is 19.4 Å². The van der Waals surface area contributed by atoms with Gasteiger partial charge in [0.05, 0.1) is 6.61 Å². The fraction of sp³-hybridized carbons (Fsp3) is 0.556. The lowest BCUT2D eigenvalue weighted by Gasteiger charge is -2.06. The topological polar surface area (TPSA) is 9.23 Å². The van der Waals surface area contributed by atoms with Crippen LogP contribution in [0.2, 0.25) is 0 Å². The second-order valence-electron chi connectivity index (χ2n) is 2.34. The van der Waals surface area contributed by atoms with E-state index in [4.69, 9.17) is 4.74 Å². The van der Waals surface area contributed by atoms with Crippen molar-refractivity contribution in [2.24, 2.45) is 5.92 Å². The van der Waals surface area contributed by atoms with E-state index in [9.17, 15) is 0 Å². The second kappa shape index (κ2) is 9.43. The SMILES string of the molecule is C=CCCC(C#CSI)COC. The smallest absolute Gasteiger partial charge is 0.0600 e. The van der Waals surface area contributed by atoms with Crippen LogP contribution in [0.4, 0.5) is 0 Å². The highest BCUT2D eigenvalue weighted by molar-refractivity contribution is 14.2. The van der Waals surface area contributed by atoms with Gasteiger partial charge in [0.1, 0.15) is 0 Å². The summed E-state index contributed by atoms with van der Waals surface area (Å²) in [6.07, 6.45) is 3.97. The molecular formula is C9H13IOS. The zero-order chi connectivity index (χ0) is 9.23. The van der Waals surface area contributed by atoms with Crippen LogP contribution in [0.15, 0.2) is 12.7 Å². The molecule has 0 saturated carbocycles. The van der Waals surface area contributed by atoms with Gasteiger partial charge in [0, 0.05) is 34.2 Å². The lowest BCUT2D eigenvalue weighted by atomic mass is 10.1. The molecule has 0 aromatic heterocycles. The lowest BCUT2D eigenvalue weighted by molar-refractivity contribution is 0.170. The number of halogens is 1. The Morgan fingerprint density at radius 2 is 2.50 bits per heavy atom. The van der Waals surface area contributed by atoms with Gasteiger partial charge in [-0.05, 0) is 27.0 Å². The normalized spacial score (nSPS) is 11.5. The summed E-state index contributed by atoms with van der Waals surface area (Å²) in [6.45, 7) is 4.40. The van der Waals surface area contributed by atoms with E-state index in [1.807, 2.05) is 6.08 Å². The molecule has 0 saturated heterocycles. The largest absolute Gasteiger partial charge is 0.383 e. The molecule has 1 nitrogen and oxygen atoms in total. The molecule has 0 aliphatic rings. The summed E-state index contributed by atoms with van der Waals surface area (Å²) < 4.78 is 5.05. The molecule has 0 aliphatic heterocycles. The predicted octanol–water partition coefficient (Wildman–Crippen LogP) is 3.26. The average Bonchev–Trinajstić information content (AvgIpc) is 2.10. The van der Waals surface area contributed by atoms with Gasteiger partial charge in [-0.15, -0.1) is 6.58 Å². The lowest BCUT2D eigenvalue weighted by Crippen LogP contribution is -2.04. The molecule has 3 heteroatoms. The van der Waals surface area contributed by atoms with E-state index >= 15 is 0 Å². The van der Waals surface area contributed by atoms with Crippen molar-refractivity contribution in [3.05, 3.63) is 12.7 Å². The zero-order valence-corrected chi connectivity index (χ0v) is 10.2. The molecule has 12 heavy (non-hydrogen) atoms. The Bertz CT molecular complexity index is 171. The van der Waals surface area contributed by atoms with Crippen molar-refractivity contribution in [1.29, 1.82) is 0 Å². The van der Waals surface area contributed by atoms with Crippen LogP contribution in [0.5, 0.6) is 0 Å². The average molecular weight is 296 g/mol. The first-order valence-electron chi connectivity index (χ1n) is 3.73. The highest BCUT2D eigenvalue weighted by Crippen LogP contribution is 2.11. The molecule has 68 valence electrons. The van der Waals surface area contributed by atoms with Gasteiger partial charge in [-0.2, -0.15) is 0 Å². The highest BCUT2D eigenvalue weighted by atomic mass is 127. The van der Waals surface area contributed by atoms with E-state index in [1.165, 1.54) is 8.93 Å². The van der Waals surface area contributed by atoms with Crippen LogP contribution in [0, 0.1) is 17.1 Å². The summed E-state index contributed by atoms with van der Waals surface area (Å²) in [5.74, 6) is 3.49. The van der Waals surface area contributed by atoms with E-state index in [0.29, 0.717) is 5.92 Å². The maximum atomic E-state index is 5.05. The van der Waals surface area contributed by atoms with Gasteiger partial charge in [-0.1, -0.05) is 12.0 Å². The summed E-state index contributed by atoms with van der Waals surface area (Å²) in [5.41, 5.74) is 0. The Hall–Kier alpha value is 0.340. The molecule has 0 aromatic carbocycles. The molecule has 0 N–H and O–H groups in total. The quantitative estimate of drug-likeness (QED) is 0.437. The van der Waals surface area contributed by atoms with Gasteiger partial charge in [-0.25, -0.2) is 0 Å². The fourth-order valence-electron chi connectivity index (χ4n) is 0.823. The number of hydrogen-bond acceptors (Lipinski definition) is 2. The number of ether oxygens (including phenoxy) is 1. The van der Waals surface area contributed by atoms with Gasteiger partial charge in [0.25, 0.3) is 0 Å². The van der Waals surface area contributed by atoms with Gasteiger partial charge in [-0.3, -0.25) is 0 Å². The van der Waals surface area contributed by atoms with E-state index < -0.39 is 0 Å². The predicted molar refractivity (Wildman–Crippen MR) is 64.2 cm³/mol.